The molecule has 2 heterocycles. The molecule has 11 aromatic carbocycles. The van der Waals surface area contributed by atoms with Crippen LogP contribution in [0.25, 0.3) is 87.0 Å². The number of fused-ring (bicyclic) bond motifs is 13. The summed E-state index contributed by atoms with van der Waals surface area (Å²) in [5, 5.41) is 13.5. The van der Waals surface area contributed by atoms with E-state index in [-0.39, 0.29) is 0 Å². The number of anilines is 6. The maximum atomic E-state index is 7.26. The predicted octanol–water partition coefficient (Wildman–Crippen LogP) is 19.3. The largest absolute Gasteiger partial charge is 0.456 e. The Morgan fingerprint density at radius 1 is 0.309 bits per heavy atom. The van der Waals surface area contributed by atoms with Crippen LogP contribution >= 0.6 is 0 Å². The van der Waals surface area contributed by atoms with Gasteiger partial charge in [0.1, 0.15) is 22.3 Å². The lowest BCUT2D eigenvalue weighted by molar-refractivity contribution is 0.663. The Bertz CT molecular complexity index is 4100. The Labute approximate surface area is 394 Å². The number of hydrogen-bond acceptors (Lipinski definition) is 4. The summed E-state index contributed by atoms with van der Waals surface area (Å²) in [6, 6.07) is 75.0. The van der Waals surface area contributed by atoms with E-state index in [0.717, 1.165) is 99.5 Å². The standard InChI is InChI=1S/C64H48N2O2/c1-39(2)41-21-27-47(28-22-41)65(49-31-25-43-13-5-7-15-45(43)35-49)56-37-59-61(53-19-11-9-17-51(53)56)55-33-34-58-63(64(55)68-59)62-54-20-12-10-18-52(54)57(38-60(62)67-58)66(48-29-23-42(24-30-48)40(3)4)50-32-26-44-14-6-8-16-46(44)36-50/h5-40H,1-4H3. The van der Waals surface area contributed by atoms with Gasteiger partial charge in [0.25, 0.3) is 0 Å². The minimum atomic E-state index is 0.427. The molecule has 4 heteroatoms. The lowest BCUT2D eigenvalue weighted by Gasteiger charge is -2.27. The van der Waals surface area contributed by atoms with E-state index in [1.807, 2.05) is 0 Å². The molecule has 0 fully saturated rings. The summed E-state index contributed by atoms with van der Waals surface area (Å²) in [5.41, 5.74) is 12.3. The van der Waals surface area contributed by atoms with Crippen LogP contribution in [0.5, 0.6) is 0 Å². The molecule has 2 aromatic heterocycles. The summed E-state index contributed by atoms with van der Waals surface area (Å²) >= 11 is 0. The summed E-state index contributed by atoms with van der Waals surface area (Å²) in [6.07, 6.45) is 0. The highest BCUT2D eigenvalue weighted by molar-refractivity contribution is 6.32. The first kappa shape index (κ1) is 40.0. The van der Waals surface area contributed by atoms with Crippen molar-refractivity contribution < 1.29 is 8.83 Å². The van der Waals surface area contributed by atoms with Gasteiger partial charge in [0.15, 0.2) is 0 Å². The van der Waals surface area contributed by atoms with Gasteiger partial charge in [0.05, 0.1) is 16.8 Å². The fourth-order valence-corrected chi connectivity index (χ4v) is 10.6. The Morgan fingerprint density at radius 2 is 0.735 bits per heavy atom. The Hall–Kier alpha value is -8.34. The van der Waals surface area contributed by atoms with Gasteiger partial charge in [-0.05, 0) is 116 Å². The number of nitrogens with zero attached hydrogens (tertiary/aromatic N) is 2. The fraction of sp³-hybridized carbons (Fsp3) is 0.0938. The zero-order chi connectivity index (χ0) is 45.6. The van der Waals surface area contributed by atoms with Gasteiger partial charge in [-0.2, -0.15) is 0 Å². The molecule has 0 aliphatic rings. The van der Waals surface area contributed by atoms with Gasteiger partial charge in [-0.25, -0.2) is 0 Å². The number of furan rings is 2. The first-order valence-electron chi connectivity index (χ1n) is 23.8. The van der Waals surface area contributed by atoms with E-state index < -0.39 is 0 Å². The summed E-state index contributed by atoms with van der Waals surface area (Å²) in [7, 11) is 0. The molecular weight excluding hydrogens is 829 g/mol. The number of rotatable bonds is 8. The smallest absolute Gasteiger partial charge is 0.147 e. The molecule has 0 unspecified atom stereocenters. The van der Waals surface area contributed by atoms with Gasteiger partial charge >= 0.3 is 0 Å². The van der Waals surface area contributed by atoms with Gasteiger partial charge in [0.2, 0.25) is 0 Å². The molecule has 0 atom stereocenters. The van der Waals surface area contributed by atoms with Gasteiger partial charge in [-0.3, -0.25) is 0 Å². The fourth-order valence-electron chi connectivity index (χ4n) is 10.6. The van der Waals surface area contributed by atoms with Crippen LogP contribution in [-0.4, -0.2) is 0 Å². The molecule has 13 aromatic rings. The van der Waals surface area contributed by atoms with E-state index >= 15 is 0 Å². The second-order valence-electron chi connectivity index (χ2n) is 18.9. The van der Waals surface area contributed by atoms with Crippen LogP contribution < -0.4 is 9.80 Å². The van der Waals surface area contributed by atoms with Crippen molar-refractivity contribution in [2.45, 2.75) is 39.5 Å². The third kappa shape index (κ3) is 6.36. The highest BCUT2D eigenvalue weighted by Gasteiger charge is 2.26. The van der Waals surface area contributed by atoms with Crippen LogP contribution in [0.1, 0.15) is 50.7 Å². The van der Waals surface area contributed by atoms with Crippen molar-refractivity contribution in [1.82, 2.24) is 0 Å². The third-order valence-corrected chi connectivity index (χ3v) is 14.1. The third-order valence-electron chi connectivity index (χ3n) is 14.1. The van der Waals surface area contributed by atoms with Crippen molar-refractivity contribution >= 4 is 121 Å². The van der Waals surface area contributed by atoms with E-state index in [0.29, 0.717) is 11.8 Å². The van der Waals surface area contributed by atoms with Crippen molar-refractivity contribution in [2.75, 3.05) is 9.80 Å². The van der Waals surface area contributed by atoms with Crippen molar-refractivity contribution in [3.05, 3.63) is 217 Å². The topological polar surface area (TPSA) is 32.8 Å². The molecule has 0 saturated heterocycles. The van der Waals surface area contributed by atoms with Crippen molar-refractivity contribution in [1.29, 1.82) is 0 Å². The molecule has 0 amide bonds. The molecule has 68 heavy (non-hydrogen) atoms. The van der Waals surface area contributed by atoms with Gasteiger partial charge in [-0.1, -0.05) is 161 Å². The second kappa shape index (κ2) is 15.6. The molecule has 0 aliphatic heterocycles. The van der Waals surface area contributed by atoms with E-state index in [9.17, 15) is 0 Å². The molecule has 0 radical (unpaired) electrons. The van der Waals surface area contributed by atoms with Crippen LogP contribution in [0.2, 0.25) is 0 Å². The van der Waals surface area contributed by atoms with E-state index in [1.54, 1.807) is 0 Å². The van der Waals surface area contributed by atoms with Crippen LogP contribution in [-0.2, 0) is 0 Å². The van der Waals surface area contributed by atoms with Gasteiger partial charge in [0, 0.05) is 61.8 Å². The minimum Gasteiger partial charge on any atom is -0.456 e. The minimum absolute atomic E-state index is 0.427. The van der Waals surface area contributed by atoms with E-state index in [1.165, 1.54) is 32.7 Å². The summed E-state index contributed by atoms with van der Waals surface area (Å²) in [6.45, 7) is 8.98. The highest BCUT2D eigenvalue weighted by Crippen LogP contribution is 2.50. The molecule has 326 valence electrons. The maximum absolute atomic E-state index is 7.26. The van der Waals surface area contributed by atoms with Crippen LogP contribution in [0.15, 0.2) is 215 Å². The van der Waals surface area contributed by atoms with Crippen LogP contribution in [0.3, 0.4) is 0 Å². The van der Waals surface area contributed by atoms with Gasteiger partial charge in [-0.15, -0.1) is 0 Å². The quantitative estimate of drug-likeness (QED) is 0.152. The van der Waals surface area contributed by atoms with Crippen molar-refractivity contribution in [3.8, 4) is 0 Å². The Kier molecular flexibility index (Phi) is 9.20. The lowest BCUT2D eigenvalue weighted by Crippen LogP contribution is -2.10. The van der Waals surface area contributed by atoms with Crippen LogP contribution in [0, 0.1) is 0 Å². The zero-order valence-corrected chi connectivity index (χ0v) is 38.5. The number of hydrogen-bond donors (Lipinski definition) is 0. The molecule has 0 spiro atoms. The molecule has 0 saturated carbocycles. The first-order chi connectivity index (χ1) is 33.4. The average molecular weight is 877 g/mol. The van der Waals surface area contributed by atoms with Gasteiger partial charge < -0.3 is 18.6 Å². The maximum Gasteiger partial charge on any atom is 0.147 e. The summed E-state index contributed by atoms with van der Waals surface area (Å²) in [4.78, 5) is 4.77. The monoisotopic (exact) mass is 876 g/mol. The highest BCUT2D eigenvalue weighted by atomic mass is 16.3. The van der Waals surface area contributed by atoms with E-state index in [2.05, 4.69) is 244 Å². The predicted molar refractivity (Wildman–Crippen MR) is 289 cm³/mol. The van der Waals surface area contributed by atoms with Crippen molar-refractivity contribution in [2.24, 2.45) is 0 Å². The molecular formula is C64H48N2O2. The molecule has 13 rings (SSSR count). The molecule has 0 bridgehead atoms. The number of benzene rings is 11. The second-order valence-corrected chi connectivity index (χ2v) is 18.9. The Morgan fingerprint density at radius 3 is 1.24 bits per heavy atom. The normalized spacial score (nSPS) is 12.1. The van der Waals surface area contributed by atoms with Crippen LogP contribution in [0.4, 0.5) is 34.1 Å². The first-order valence-corrected chi connectivity index (χ1v) is 23.8. The molecule has 4 nitrogen and oxygen atoms in total. The zero-order valence-electron chi connectivity index (χ0n) is 38.5. The SMILES string of the molecule is CC(C)c1ccc(N(c2ccc3ccccc3c2)c2cc3oc4c(ccc5oc6cc(N(c7ccc(C(C)C)cc7)c7ccc8ccccc8c7)c7ccccc7c6c54)c3c3ccccc23)cc1. The van der Waals surface area contributed by atoms with E-state index in [4.69, 9.17) is 8.83 Å². The molecule has 0 N–H and O–H groups in total. The van der Waals surface area contributed by atoms with Crippen molar-refractivity contribution in [3.63, 3.8) is 0 Å². The Balaban J connectivity index is 1.06. The summed E-state index contributed by atoms with van der Waals surface area (Å²) in [5.74, 6) is 0.854. The average Bonchev–Trinajstić information content (AvgIpc) is 3.95. The lowest BCUT2D eigenvalue weighted by atomic mass is 9.97. The molecule has 0 aliphatic carbocycles. The summed E-state index contributed by atoms with van der Waals surface area (Å²) < 4.78 is 14.2.